The molecular formula is C13H15F2N3O3. The van der Waals surface area contributed by atoms with Crippen molar-refractivity contribution in [3.8, 4) is 0 Å². The van der Waals surface area contributed by atoms with Crippen LogP contribution in [-0.2, 0) is 0 Å². The van der Waals surface area contributed by atoms with Gasteiger partial charge in [-0.2, -0.15) is 0 Å². The first kappa shape index (κ1) is 15.2. The number of benzene rings is 1. The number of hydrogen-bond acceptors (Lipinski definition) is 3. The largest absolute Gasteiger partial charge is 0.478 e. The second kappa shape index (κ2) is 6.04. The van der Waals surface area contributed by atoms with Gasteiger partial charge in [0.25, 0.3) is 0 Å². The van der Waals surface area contributed by atoms with Crippen molar-refractivity contribution < 1.29 is 23.5 Å². The molecule has 1 unspecified atom stereocenters. The van der Waals surface area contributed by atoms with Crippen LogP contribution in [0.25, 0.3) is 0 Å². The summed E-state index contributed by atoms with van der Waals surface area (Å²) in [5.41, 5.74) is 4.45. The number of nitrogens with two attached hydrogens (primary N) is 1. The van der Waals surface area contributed by atoms with E-state index in [1.54, 1.807) is 0 Å². The summed E-state index contributed by atoms with van der Waals surface area (Å²) in [6.45, 7) is 1.40. The van der Waals surface area contributed by atoms with Gasteiger partial charge in [-0.3, -0.25) is 0 Å². The Bertz CT molecular complexity index is 580. The zero-order valence-corrected chi connectivity index (χ0v) is 11.1. The zero-order chi connectivity index (χ0) is 15.6. The van der Waals surface area contributed by atoms with Gasteiger partial charge in [0, 0.05) is 19.2 Å². The zero-order valence-electron chi connectivity index (χ0n) is 11.1. The highest BCUT2D eigenvalue weighted by Gasteiger charge is 2.26. The molecule has 6 nitrogen and oxygen atoms in total. The minimum absolute atomic E-state index is 0.198. The molecule has 114 valence electrons. The maximum atomic E-state index is 13.6. The molecule has 1 aromatic carbocycles. The van der Waals surface area contributed by atoms with E-state index in [-0.39, 0.29) is 11.6 Å². The Morgan fingerprint density at radius 1 is 1.38 bits per heavy atom. The number of likely N-dealkylation sites (tertiary alicyclic amines) is 1. The van der Waals surface area contributed by atoms with Crippen LogP contribution in [-0.4, -0.2) is 41.6 Å². The lowest BCUT2D eigenvalue weighted by Gasteiger charge is -2.17. The molecule has 0 aliphatic carbocycles. The van der Waals surface area contributed by atoms with Crippen LogP contribution >= 0.6 is 0 Å². The third-order valence-electron chi connectivity index (χ3n) is 3.44. The molecule has 8 heteroatoms. The summed E-state index contributed by atoms with van der Waals surface area (Å²) in [5, 5.41) is 11.1. The summed E-state index contributed by atoms with van der Waals surface area (Å²) < 4.78 is 26.9. The SMILES string of the molecule is NCC1CCN(C(=O)Nc2cc(C(=O)O)c(F)cc2F)C1. The predicted molar refractivity (Wildman–Crippen MR) is 71.1 cm³/mol. The summed E-state index contributed by atoms with van der Waals surface area (Å²) in [6.07, 6.45) is 0.760. The molecule has 1 heterocycles. The number of amides is 2. The molecular weight excluding hydrogens is 284 g/mol. The quantitative estimate of drug-likeness (QED) is 0.787. The molecule has 0 spiro atoms. The van der Waals surface area contributed by atoms with Crippen molar-refractivity contribution in [1.29, 1.82) is 0 Å². The molecule has 1 aliphatic rings. The highest BCUT2D eigenvalue weighted by Crippen LogP contribution is 2.21. The van der Waals surface area contributed by atoms with Crippen LogP contribution in [0.15, 0.2) is 12.1 Å². The number of carboxylic acid groups (broad SMARTS) is 1. The van der Waals surface area contributed by atoms with Crippen LogP contribution in [0.2, 0.25) is 0 Å². The minimum Gasteiger partial charge on any atom is -0.478 e. The average Bonchev–Trinajstić information content (AvgIpc) is 2.90. The fraction of sp³-hybridized carbons (Fsp3) is 0.385. The monoisotopic (exact) mass is 299 g/mol. The van der Waals surface area contributed by atoms with Crippen molar-refractivity contribution in [3.05, 3.63) is 29.3 Å². The van der Waals surface area contributed by atoms with Gasteiger partial charge in [-0.05, 0) is 24.9 Å². The Morgan fingerprint density at radius 3 is 2.67 bits per heavy atom. The van der Waals surface area contributed by atoms with Crippen molar-refractivity contribution in [2.45, 2.75) is 6.42 Å². The number of nitrogens with zero attached hydrogens (tertiary/aromatic N) is 1. The number of aromatic carboxylic acids is 1. The molecule has 1 aliphatic heterocycles. The van der Waals surface area contributed by atoms with Crippen LogP contribution in [0, 0.1) is 17.6 Å². The number of carbonyl (C=O) groups excluding carboxylic acids is 1. The molecule has 0 radical (unpaired) electrons. The summed E-state index contributed by atoms with van der Waals surface area (Å²) in [7, 11) is 0. The second-order valence-corrected chi connectivity index (χ2v) is 4.88. The fourth-order valence-electron chi connectivity index (χ4n) is 2.21. The summed E-state index contributed by atoms with van der Waals surface area (Å²) in [5.74, 6) is -3.56. The summed E-state index contributed by atoms with van der Waals surface area (Å²) >= 11 is 0. The van der Waals surface area contributed by atoms with E-state index < -0.39 is 29.2 Å². The lowest BCUT2D eigenvalue weighted by Crippen LogP contribution is -2.34. The number of nitrogens with one attached hydrogen (secondary N) is 1. The number of anilines is 1. The minimum atomic E-state index is -1.53. The summed E-state index contributed by atoms with van der Waals surface area (Å²) in [4.78, 5) is 24.2. The highest BCUT2D eigenvalue weighted by atomic mass is 19.1. The molecule has 1 aromatic rings. The van der Waals surface area contributed by atoms with E-state index in [1.807, 2.05) is 0 Å². The Balaban J connectivity index is 2.14. The van der Waals surface area contributed by atoms with Crippen LogP contribution in [0.5, 0.6) is 0 Å². The number of carboxylic acids is 1. The predicted octanol–water partition coefficient (Wildman–Crippen LogP) is 1.48. The maximum Gasteiger partial charge on any atom is 0.338 e. The van der Waals surface area contributed by atoms with Crippen LogP contribution < -0.4 is 11.1 Å². The molecule has 2 rings (SSSR count). The third-order valence-corrected chi connectivity index (χ3v) is 3.44. The van der Waals surface area contributed by atoms with Crippen LogP contribution in [0.3, 0.4) is 0 Å². The molecule has 0 aromatic heterocycles. The topological polar surface area (TPSA) is 95.7 Å². The lowest BCUT2D eigenvalue weighted by molar-refractivity contribution is 0.0691. The van der Waals surface area contributed by atoms with Crippen LogP contribution in [0.4, 0.5) is 19.3 Å². The third kappa shape index (κ3) is 3.27. The van der Waals surface area contributed by atoms with Gasteiger partial charge in [0.1, 0.15) is 11.6 Å². The smallest absolute Gasteiger partial charge is 0.338 e. The number of hydrogen-bond donors (Lipinski definition) is 3. The van der Waals surface area contributed by atoms with Crippen molar-refractivity contribution >= 4 is 17.7 Å². The van der Waals surface area contributed by atoms with Gasteiger partial charge in [0.15, 0.2) is 0 Å². The van der Waals surface area contributed by atoms with Gasteiger partial charge in [-0.15, -0.1) is 0 Å². The van der Waals surface area contributed by atoms with Crippen molar-refractivity contribution in [2.75, 3.05) is 25.0 Å². The first-order chi connectivity index (χ1) is 9.92. The Morgan fingerprint density at radius 2 is 2.10 bits per heavy atom. The van der Waals surface area contributed by atoms with Crippen molar-refractivity contribution in [2.24, 2.45) is 11.7 Å². The number of rotatable bonds is 3. The second-order valence-electron chi connectivity index (χ2n) is 4.88. The van der Waals surface area contributed by atoms with Gasteiger partial charge >= 0.3 is 12.0 Å². The Labute approximate surface area is 119 Å². The normalized spacial score (nSPS) is 17.9. The number of urea groups is 1. The summed E-state index contributed by atoms with van der Waals surface area (Å²) in [6, 6.07) is 0.639. The molecule has 21 heavy (non-hydrogen) atoms. The average molecular weight is 299 g/mol. The Hall–Kier alpha value is -2.22. The lowest BCUT2D eigenvalue weighted by atomic mass is 10.1. The van der Waals surface area contributed by atoms with Gasteiger partial charge < -0.3 is 21.1 Å². The van der Waals surface area contributed by atoms with E-state index >= 15 is 0 Å². The molecule has 1 fully saturated rings. The molecule has 2 amide bonds. The molecule has 1 saturated heterocycles. The van der Waals surface area contributed by atoms with E-state index in [0.29, 0.717) is 25.7 Å². The van der Waals surface area contributed by atoms with E-state index in [1.165, 1.54) is 4.90 Å². The number of carbonyl (C=O) groups is 2. The van der Waals surface area contributed by atoms with E-state index in [9.17, 15) is 18.4 Å². The van der Waals surface area contributed by atoms with Gasteiger partial charge in [0.05, 0.1) is 11.3 Å². The van der Waals surface area contributed by atoms with Gasteiger partial charge in [-0.25, -0.2) is 18.4 Å². The molecule has 4 N–H and O–H groups in total. The number of halogens is 2. The fourth-order valence-corrected chi connectivity index (χ4v) is 2.21. The van der Waals surface area contributed by atoms with Crippen molar-refractivity contribution in [3.63, 3.8) is 0 Å². The van der Waals surface area contributed by atoms with Crippen molar-refractivity contribution in [1.82, 2.24) is 4.90 Å². The molecule has 1 atom stereocenters. The molecule has 0 saturated carbocycles. The van der Waals surface area contributed by atoms with E-state index in [0.717, 1.165) is 12.5 Å². The van der Waals surface area contributed by atoms with E-state index in [4.69, 9.17) is 10.8 Å². The Kier molecular flexibility index (Phi) is 4.37. The molecule has 0 bridgehead atoms. The standard InChI is InChI=1S/C13H15F2N3O3/c14-9-4-10(15)11(3-8(9)12(19)20)17-13(21)18-2-1-7(5-16)6-18/h3-4,7H,1-2,5-6,16H2,(H,17,21)(H,19,20). The first-order valence-electron chi connectivity index (χ1n) is 6.40. The van der Waals surface area contributed by atoms with E-state index in [2.05, 4.69) is 5.32 Å². The van der Waals surface area contributed by atoms with Crippen LogP contribution in [0.1, 0.15) is 16.8 Å². The van der Waals surface area contributed by atoms with Gasteiger partial charge in [-0.1, -0.05) is 0 Å². The maximum absolute atomic E-state index is 13.6. The highest BCUT2D eigenvalue weighted by molar-refractivity contribution is 5.93. The van der Waals surface area contributed by atoms with Gasteiger partial charge in [0.2, 0.25) is 0 Å². The first-order valence-corrected chi connectivity index (χ1v) is 6.40.